The molecule has 0 saturated heterocycles. The number of nitrogens with zero attached hydrogens (tertiary/aromatic N) is 1. The first-order valence-corrected chi connectivity index (χ1v) is 7.22. The van der Waals surface area contributed by atoms with Gasteiger partial charge in [-0.3, -0.25) is 9.59 Å². The van der Waals surface area contributed by atoms with E-state index >= 15 is 0 Å². The molecule has 0 aliphatic carbocycles. The number of amides is 2. The molecule has 0 spiro atoms. The standard InChI is InChI=1S/C14H17N3O2S/c1-8(2)12(15-9(3)18)13(19)17-14-16-10-6-4-5-7-11(10)20-14/h4-8,12H,1-3H3,(H,15,18)(H,16,17,19)/t12-/m1/s1. The Labute approximate surface area is 121 Å². The third-order valence-electron chi connectivity index (χ3n) is 2.83. The summed E-state index contributed by atoms with van der Waals surface area (Å²) in [6, 6.07) is 7.13. The van der Waals surface area contributed by atoms with E-state index in [0.717, 1.165) is 10.2 Å². The lowest BCUT2D eigenvalue weighted by molar-refractivity contribution is -0.126. The fourth-order valence-corrected chi connectivity index (χ4v) is 2.73. The van der Waals surface area contributed by atoms with Crippen LogP contribution in [0.4, 0.5) is 5.13 Å². The molecule has 2 rings (SSSR count). The zero-order chi connectivity index (χ0) is 14.7. The van der Waals surface area contributed by atoms with E-state index in [0.29, 0.717) is 5.13 Å². The average Bonchev–Trinajstić information content (AvgIpc) is 2.77. The molecule has 2 aromatic rings. The molecule has 1 atom stereocenters. The van der Waals surface area contributed by atoms with Crippen molar-refractivity contribution in [3.63, 3.8) is 0 Å². The van der Waals surface area contributed by atoms with Gasteiger partial charge in [-0.1, -0.05) is 37.3 Å². The summed E-state index contributed by atoms with van der Waals surface area (Å²) in [5, 5.41) is 5.98. The summed E-state index contributed by atoms with van der Waals surface area (Å²) < 4.78 is 1.02. The number of fused-ring (bicyclic) bond motifs is 1. The lowest BCUT2D eigenvalue weighted by atomic mass is 10.0. The molecule has 0 aliphatic heterocycles. The number of hydrogen-bond acceptors (Lipinski definition) is 4. The smallest absolute Gasteiger partial charge is 0.248 e. The quantitative estimate of drug-likeness (QED) is 0.908. The third-order valence-corrected chi connectivity index (χ3v) is 3.78. The summed E-state index contributed by atoms with van der Waals surface area (Å²) in [7, 11) is 0. The lowest BCUT2D eigenvalue weighted by Crippen LogP contribution is -2.46. The highest BCUT2D eigenvalue weighted by molar-refractivity contribution is 7.22. The first-order chi connectivity index (χ1) is 9.47. The van der Waals surface area contributed by atoms with E-state index in [9.17, 15) is 9.59 Å². The fraction of sp³-hybridized carbons (Fsp3) is 0.357. The monoisotopic (exact) mass is 291 g/mol. The first-order valence-electron chi connectivity index (χ1n) is 6.41. The topological polar surface area (TPSA) is 71.1 Å². The van der Waals surface area contributed by atoms with Gasteiger partial charge in [-0.05, 0) is 18.1 Å². The average molecular weight is 291 g/mol. The van der Waals surface area contributed by atoms with E-state index in [-0.39, 0.29) is 17.7 Å². The number of nitrogens with one attached hydrogen (secondary N) is 2. The van der Waals surface area contributed by atoms with Crippen LogP contribution in [0.5, 0.6) is 0 Å². The molecule has 0 fully saturated rings. The Kier molecular flexibility index (Phi) is 4.34. The third kappa shape index (κ3) is 3.33. The van der Waals surface area contributed by atoms with Gasteiger partial charge in [-0.15, -0.1) is 0 Å². The van der Waals surface area contributed by atoms with E-state index in [1.165, 1.54) is 18.3 Å². The molecule has 1 aromatic heterocycles. The maximum absolute atomic E-state index is 12.2. The molecule has 1 heterocycles. The molecule has 2 amide bonds. The van der Waals surface area contributed by atoms with Crippen LogP contribution in [0, 0.1) is 5.92 Å². The Morgan fingerprint density at radius 3 is 2.55 bits per heavy atom. The molecule has 20 heavy (non-hydrogen) atoms. The number of benzene rings is 1. The molecule has 0 radical (unpaired) electrons. The van der Waals surface area contributed by atoms with Crippen molar-refractivity contribution in [2.24, 2.45) is 5.92 Å². The second-order valence-electron chi connectivity index (χ2n) is 4.90. The first kappa shape index (κ1) is 14.5. The number of aromatic nitrogens is 1. The molecule has 106 valence electrons. The van der Waals surface area contributed by atoms with Gasteiger partial charge in [0.05, 0.1) is 10.2 Å². The van der Waals surface area contributed by atoms with Crippen LogP contribution >= 0.6 is 11.3 Å². The molecule has 6 heteroatoms. The number of para-hydroxylation sites is 1. The van der Waals surface area contributed by atoms with E-state index in [1.807, 2.05) is 38.1 Å². The van der Waals surface area contributed by atoms with Gasteiger partial charge in [0.25, 0.3) is 0 Å². The van der Waals surface area contributed by atoms with Crippen molar-refractivity contribution in [3.05, 3.63) is 24.3 Å². The normalized spacial score (nSPS) is 12.4. The Bertz CT molecular complexity index is 603. The molecule has 5 nitrogen and oxygen atoms in total. The van der Waals surface area contributed by atoms with Gasteiger partial charge in [0.2, 0.25) is 11.8 Å². The van der Waals surface area contributed by atoms with Crippen LogP contribution in [0.25, 0.3) is 10.2 Å². The molecule has 1 aromatic carbocycles. The van der Waals surface area contributed by atoms with Crippen molar-refractivity contribution >= 4 is 38.5 Å². The van der Waals surface area contributed by atoms with Crippen molar-refractivity contribution in [3.8, 4) is 0 Å². The Morgan fingerprint density at radius 2 is 1.95 bits per heavy atom. The number of rotatable bonds is 4. The molecule has 0 aliphatic rings. The summed E-state index contributed by atoms with van der Waals surface area (Å²) in [4.78, 5) is 27.7. The SMILES string of the molecule is CC(=O)N[C@@H](C(=O)Nc1nc2ccccc2s1)C(C)C. The molecule has 0 bridgehead atoms. The minimum absolute atomic E-state index is 0.00767. The summed E-state index contributed by atoms with van der Waals surface area (Å²) in [5.41, 5.74) is 0.855. The maximum Gasteiger partial charge on any atom is 0.248 e. The maximum atomic E-state index is 12.2. The summed E-state index contributed by atoms with van der Waals surface area (Å²) >= 11 is 1.42. The van der Waals surface area contributed by atoms with Gasteiger partial charge in [0.1, 0.15) is 6.04 Å². The van der Waals surface area contributed by atoms with Gasteiger partial charge in [0, 0.05) is 6.92 Å². The molecule has 0 saturated carbocycles. The van der Waals surface area contributed by atoms with Crippen LogP contribution in [-0.2, 0) is 9.59 Å². The zero-order valence-corrected chi connectivity index (χ0v) is 12.5. The zero-order valence-electron chi connectivity index (χ0n) is 11.6. The van der Waals surface area contributed by atoms with Gasteiger partial charge < -0.3 is 10.6 Å². The van der Waals surface area contributed by atoms with Gasteiger partial charge >= 0.3 is 0 Å². The van der Waals surface area contributed by atoms with Crippen LogP contribution < -0.4 is 10.6 Å². The van der Waals surface area contributed by atoms with E-state index < -0.39 is 6.04 Å². The second-order valence-corrected chi connectivity index (χ2v) is 5.93. The summed E-state index contributed by atoms with van der Waals surface area (Å²) in [6.07, 6.45) is 0. The minimum atomic E-state index is -0.556. The molecular formula is C14H17N3O2S. The highest BCUT2D eigenvalue weighted by Crippen LogP contribution is 2.25. The van der Waals surface area contributed by atoms with Gasteiger partial charge in [-0.25, -0.2) is 4.98 Å². The predicted molar refractivity (Wildman–Crippen MR) is 80.7 cm³/mol. The van der Waals surface area contributed by atoms with Crippen molar-refractivity contribution < 1.29 is 9.59 Å². The van der Waals surface area contributed by atoms with Crippen molar-refractivity contribution in [1.29, 1.82) is 0 Å². The minimum Gasteiger partial charge on any atom is -0.344 e. The highest BCUT2D eigenvalue weighted by atomic mass is 32.1. The summed E-state index contributed by atoms with van der Waals surface area (Å²) in [5.74, 6) is -0.453. The van der Waals surface area contributed by atoms with Gasteiger partial charge in [-0.2, -0.15) is 0 Å². The number of carbonyl (C=O) groups is 2. The Hall–Kier alpha value is -1.95. The second kappa shape index (κ2) is 6.00. The Morgan fingerprint density at radius 1 is 1.25 bits per heavy atom. The number of anilines is 1. The largest absolute Gasteiger partial charge is 0.344 e. The molecule has 0 unspecified atom stereocenters. The van der Waals surface area contributed by atoms with Crippen LogP contribution in [0.1, 0.15) is 20.8 Å². The highest BCUT2D eigenvalue weighted by Gasteiger charge is 2.23. The summed E-state index contributed by atoms with van der Waals surface area (Å²) in [6.45, 7) is 5.18. The van der Waals surface area contributed by atoms with Crippen LogP contribution in [0.3, 0.4) is 0 Å². The van der Waals surface area contributed by atoms with Gasteiger partial charge in [0.15, 0.2) is 5.13 Å². The molecule has 2 N–H and O–H groups in total. The van der Waals surface area contributed by atoms with E-state index in [2.05, 4.69) is 15.6 Å². The van der Waals surface area contributed by atoms with Crippen LogP contribution in [0.15, 0.2) is 24.3 Å². The van der Waals surface area contributed by atoms with Crippen LogP contribution in [-0.4, -0.2) is 22.8 Å². The van der Waals surface area contributed by atoms with Crippen molar-refractivity contribution in [2.45, 2.75) is 26.8 Å². The molecular weight excluding hydrogens is 274 g/mol. The Balaban J connectivity index is 2.14. The number of carbonyl (C=O) groups excluding carboxylic acids is 2. The van der Waals surface area contributed by atoms with E-state index in [4.69, 9.17) is 0 Å². The van der Waals surface area contributed by atoms with Crippen molar-refractivity contribution in [2.75, 3.05) is 5.32 Å². The fourth-order valence-electron chi connectivity index (χ4n) is 1.86. The number of hydrogen-bond donors (Lipinski definition) is 2. The van der Waals surface area contributed by atoms with Crippen LogP contribution in [0.2, 0.25) is 0 Å². The van der Waals surface area contributed by atoms with E-state index in [1.54, 1.807) is 0 Å². The predicted octanol–water partition coefficient (Wildman–Crippen LogP) is 2.40. The lowest BCUT2D eigenvalue weighted by Gasteiger charge is -2.19. The van der Waals surface area contributed by atoms with Crippen molar-refractivity contribution in [1.82, 2.24) is 10.3 Å². The number of thiazole rings is 1.